The third-order valence-electron chi connectivity index (χ3n) is 3.55. The minimum Gasteiger partial charge on any atom is -0.478 e. The Morgan fingerprint density at radius 2 is 2.14 bits per heavy atom. The van der Waals surface area contributed by atoms with Crippen molar-refractivity contribution in [1.82, 2.24) is 9.55 Å². The Bertz CT molecular complexity index is 882. The molecule has 2 aromatic heterocycles. The second-order valence-corrected chi connectivity index (χ2v) is 6.32. The van der Waals surface area contributed by atoms with E-state index in [0.29, 0.717) is 17.6 Å². The van der Waals surface area contributed by atoms with E-state index in [1.165, 1.54) is 21.1 Å². The first-order valence-electron chi connectivity index (χ1n) is 6.48. The number of carbonyl (C=O) groups is 1. The molecule has 3 aromatic rings. The van der Waals surface area contributed by atoms with Crippen molar-refractivity contribution >= 4 is 28.3 Å². The van der Waals surface area contributed by atoms with Crippen LogP contribution in [0.3, 0.4) is 0 Å². The summed E-state index contributed by atoms with van der Waals surface area (Å²) in [5.41, 5.74) is 2.02. The monoisotopic (exact) mass is 302 g/mol. The fraction of sp³-hybridized carbons (Fsp3) is 0.200. The van der Waals surface area contributed by atoms with Crippen molar-refractivity contribution < 1.29 is 9.90 Å². The first-order chi connectivity index (χ1) is 9.97. The van der Waals surface area contributed by atoms with Crippen molar-refractivity contribution in [1.29, 1.82) is 0 Å². The molecule has 0 radical (unpaired) electrons. The van der Waals surface area contributed by atoms with Gasteiger partial charge in [-0.2, -0.15) is 0 Å². The highest BCUT2D eigenvalue weighted by Gasteiger charge is 2.16. The van der Waals surface area contributed by atoms with Crippen LogP contribution in [0, 0.1) is 13.8 Å². The van der Waals surface area contributed by atoms with Crippen molar-refractivity contribution in [3.05, 3.63) is 55.6 Å². The summed E-state index contributed by atoms with van der Waals surface area (Å²) >= 11 is 1.62. The number of H-pyrrole nitrogens is 1. The number of benzene rings is 1. The largest absolute Gasteiger partial charge is 0.478 e. The van der Waals surface area contributed by atoms with E-state index in [9.17, 15) is 14.7 Å². The molecule has 0 amide bonds. The second-order valence-electron chi connectivity index (χ2n) is 4.98. The van der Waals surface area contributed by atoms with Crippen LogP contribution in [0.5, 0.6) is 0 Å². The third-order valence-corrected chi connectivity index (χ3v) is 4.69. The molecule has 3 rings (SSSR count). The first-order valence-corrected chi connectivity index (χ1v) is 7.29. The molecule has 2 heterocycles. The molecule has 0 aliphatic rings. The molecule has 0 bridgehead atoms. The zero-order chi connectivity index (χ0) is 15.1. The Balaban J connectivity index is 2.19. The highest BCUT2D eigenvalue weighted by atomic mass is 32.1. The molecule has 21 heavy (non-hydrogen) atoms. The molecular weight excluding hydrogens is 288 g/mol. The summed E-state index contributed by atoms with van der Waals surface area (Å²) in [6, 6.07) is 6.89. The average Bonchev–Trinajstić information content (AvgIpc) is 2.90. The zero-order valence-electron chi connectivity index (χ0n) is 11.6. The van der Waals surface area contributed by atoms with Gasteiger partial charge in [-0.3, -0.25) is 4.57 Å². The minimum absolute atomic E-state index is 0.135. The zero-order valence-corrected chi connectivity index (χ0v) is 12.5. The molecule has 0 saturated heterocycles. The van der Waals surface area contributed by atoms with Gasteiger partial charge in [0.1, 0.15) is 0 Å². The molecule has 0 saturated carbocycles. The van der Waals surface area contributed by atoms with Gasteiger partial charge in [0.15, 0.2) is 0 Å². The van der Waals surface area contributed by atoms with Crippen LogP contribution in [0.15, 0.2) is 29.1 Å². The predicted molar refractivity (Wildman–Crippen MR) is 82.4 cm³/mol. The van der Waals surface area contributed by atoms with E-state index in [2.05, 4.69) is 4.98 Å². The molecule has 6 heteroatoms. The van der Waals surface area contributed by atoms with Crippen LogP contribution in [0.4, 0.5) is 0 Å². The number of hydrogen-bond acceptors (Lipinski definition) is 3. The predicted octanol–water partition coefficient (Wildman–Crippen LogP) is 2.75. The quantitative estimate of drug-likeness (QED) is 0.781. The normalized spacial score (nSPS) is 11.1. The Kier molecular flexibility index (Phi) is 3.17. The molecule has 0 spiro atoms. The van der Waals surface area contributed by atoms with Crippen molar-refractivity contribution in [3.8, 4) is 0 Å². The number of para-hydroxylation sites is 1. The summed E-state index contributed by atoms with van der Waals surface area (Å²) in [7, 11) is 0. The van der Waals surface area contributed by atoms with Crippen molar-refractivity contribution in [3.63, 3.8) is 0 Å². The number of aromatic carboxylic acids is 1. The van der Waals surface area contributed by atoms with Crippen LogP contribution >= 0.6 is 11.3 Å². The Morgan fingerprint density at radius 1 is 1.38 bits per heavy atom. The first kappa shape index (κ1) is 13.6. The third kappa shape index (κ3) is 2.27. The maximum absolute atomic E-state index is 12.1. The van der Waals surface area contributed by atoms with Crippen LogP contribution in [0.1, 0.15) is 25.7 Å². The van der Waals surface area contributed by atoms with Crippen LogP contribution in [0.25, 0.3) is 11.0 Å². The van der Waals surface area contributed by atoms with Gasteiger partial charge in [-0.05, 0) is 37.6 Å². The molecule has 5 nitrogen and oxygen atoms in total. The molecular formula is C15H14N2O3S. The van der Waals surface area contributed by atoms with Crippen LogP contribution in [-0.2, 0) is 6.54 Å². The summed E-state index contributed by atoms with van der Waals surface area (Å²) < 4.78 is 1.49. The topological polar surface area (TPSA) is 75.1 Å². The number of carboxylic acids is 1. The van der Waals surface area contributed by atoms with Crippen molar-refractivity contribution in [2.45, 2.75) is 20.4 Å². The van der Waals surface area contributed by atoms with Crippen molar-refractivity contribution in [2.24, 2.45) is 0 Å². The lowest BCUT2D eigenvalue weighted by atomic mass is 10.2. The number of rotatable bonds is 3. The molecule has 108 valence electrons. The summed E-state index contributed by atoms with van der Waals surface area (Å²) in [5.74, 6) is -1.04. The summed E-state index contributed by atoms with van der Waals surface area (Å²) in [6.07, 6.45) is 0. The molecule has 0 unspecified atom stereocenters. The SMILES string of the molecule is Cc1cc(Cn2c(=O)[nH]c3cccc(C(=O)O)c32)sc1C. The van der Waals surface area contributed by atoms with Crippen LogP contribution in [-0.4, -0.2) is 20.6 Å². The fourth-order valence-corrected chi connectivity index (χ4v) is 3.47. The summed E-state index contributed by atoms with van der Waals surface area (Å²) in [5, 5.41) is 9.30. The molecule has 0 atom stereocenters. The van der Waals surface area contributed by atoms with Crippen molar-refractivity contribution in [2.75, 3.05) is 0 Å². The fourth-order valence-electron chi connectivity index (χ4n) is 2.43. The minimum atomic E-state index is -1.04. The van der Waals surface area contributed by atoms with E-state index >= 15 is 0 Å². The maximum Gasteiger partial charge on any atom is 0.337 e. The lowest BCUT2D eigenvalue weighted by Gasteiger charge is -2.04. The number of nitrogens with one attached hydrogen (secondary N) is 1. The average molecular weight is 302 g/mol. The van der Waals surface area contributed by atoms with E-state index in [0.717, 1.165) is 4.88 Å². The number of fused-ring (bicyclic) bond motifs is 1. The van der Waals surface area contributed by atoms with E-state index in [4.69, 9.17) is 0 Å². The van der Waals surface area contributed by atoms with Gasteiger partial charge in [0.25, 0.3) is 0 Å². The number of carboxylic acid groups (broad SMARTS) is 1. The smallest absolute Gasteiger partial charge is 0.337 e. The number of hydrogen-bond donors (Lipinski definition) is 2. The van der Waals surface area contributed by atoms with Gasteiger partial charge in [0, 0.05) is 9.75 Å². The summed E-state index contributed by atoms with van der Waals surface area (Å²) in [6.45, 7) is 4.43. The Labute approximate surface area is 124 Å². The lowest BCUT2D eigenvalue weighted by Crippen LogP contribution is -2.17. The Morgan fingerprint density at radius 3 is 2.76 bits per heavy atom. The van der Waals surface area contributed by atoms with Gasteiger partial charge >= 0.3 is 11.7 Å². The van der Waals surface area contributed by atoms with E-state index in [1.54, 1.807) is 23.5 Å². The number of nitrogens with zero attached hydrogens (tertiary/aromatic N) is 1. The van der Waals surface area contributed by atoms with Gasteiger partial charge in [-0.15, -0.1) is 11.3 Å². The molecule has 0 aliphatic heterocycles. The molecule has 0 aliphatic carbocycles. The van der Waals surface area contributed by atoms with Gasteiger partial charge in [0.2, 0.25) is 0 Å². The highest BCUT2D eigenvalue weighted by Crippen LogP contribution is 2.23. The number of aromatic amines is 1. The number of aryl methyl sites for hydroxylation is 2. The molecule has 1 aromatic carbocycles. The number of aromatic nitrogens is 2. The molecule has 0 fully saturated rings. The van der Waals surface area contributed by atoms with Gasteiger partial charge in [-0.25, -0.2) is 9.59 Å². The van der Waals surface area contributed by atoms with Crippen LogP contribution in [0.2, 0.25) is 0 Å². The van der Waals surface area contributed by atoms with Gasteiger partial charge < -0.3 is 10.1 Å². The second kappa shape index (κ2) is 4.89. The van der Waals surface area contributed by atoms with Gasteiger partial charge in [0.05, 0.1) is 23.1 Å². The summed E-state index contributed by atoms with van der Waals surface area (Å²) in [4.78, 5) is 28.4. The van der Waals surface area contributed by atoms with E-state index in [-0.39, 0.29) is 11.3 Å². The number of thiophene rings is 1. The number of imidazole rings is 1. The van der Waals surface area contributed by atoms with Gasteiger partial charge in [-0.1, -0.05) is 6.07 Å². The maximum atomic E-state index is 12.1. The Hall–Kier alpha value is -2.34. The van der Waals surface area contributed by atoms with E-state index in [1.807, 2.05) is 19.9 Å². The lowest BCUT2D eigenvalue weighted by molar-refractivity contribution is 0.0698. The van der Waals surface area contributed by atoms with E-state index < -0.39 is 5.97 Å². The highest BCUT2D eigenvalue weighted by molar-refractivity contribution is 7.12. The van der Waals surface area contributed by atoms with Crippen LogP contribution < -0.4 is 5.69 Å². The standard InChI is InChI=1S/C15H14N2O3S/c1-8-6-10(21-9(8)2)7-17-13-11(14(18)19)4-3-5-12(13)16-15(17)20/h3-6H,7H2,1-2H3,(H,16,20)(H,18,19). The molecule has 2 N–H and O–H groups in total.